The fraction of sp³-hybridized carbons (Fsp3) is 0.220. The lowest BCUT2D eigenvalue weighted by atomic mass is 9.83. The molecule has 1 unspecified atom stereocenters. The molecule has 1 N–H and O–H groups in total. The lowest BCUT2D eigenvalue weighted by Gasteiger charge is -2.42. The molecule has 0 saturated carbocycles. The second-order valence-corrected chi connectivity index (χ2v) is 18.1. The van der Waals surface area contributed by atoms with Gasteiger partial charge in [0.1, 0.15) is 5.54 Å². The van der Waals surface area contributed by atoms with Crippen molar-refractivity contribution in [2.45, 2.75) is 72.2 Å². The van der Waals surface area contributed by atoms with Crippen LogP contribution >= 0.6 is 39.1 Å². The highest BCUT2D eigenvalue weighted by Gasteiger charge is 2.64. The van der Waals surface area contributed by atoms with Crippen molar-refractivity contribution in [2.75, 3.05) is 19.6 Å². The molecule has 8 rings (SSSR count). The molecule has 0 bridgehead atoms. The van der Waals surface area contributed by atoms with E-state index in [4.69, 9.17) is 23.2 Å². The van der Waals surface area contributed by atoms with Gasteiger partial charge in [0.25, 0.3) is 5.91 Å². The van der Waals surface area contributed by atoms with E-state index in [2.05, 4.69) is 35.0 Å². The average molecular weight is 921 g/mol. The smallest absolute Gasteiger partial charge is 0.336 e. The Morgan fingerprint density at radius 1 is 0.492 bits per heavy atom. The summed E-state index contributed by atoms with van der Waals surface area (Å²) >= 11 is 15.3. The number of urea groups is 2. The van der Waals surface area contributed by atoms with Gasteiger partial charge < -0.3 is 5.11 Å². The van der Waals surface area contributed by atoms with Crippen molar-refractivity contribution in [3.05, 3.63) is 188 Å². The maximum absolute atomic E-state index is 13.8. The Morgan fingerprint density at radius 2 is 0.918 bits per heavy atom. The summed E-state index contributed by atoms with van der Waals surface area (Å²) in [7, 11) is 0. The van der Waals surface area contributed by atoms with Crippen molar-refractivity contribution >= 4 is 79.9 Å². The Kier molecular flexibility index (Phi) is 13.2. The molecule has 11 heteroatoms. The van der Waals surface area contributed by atoms with E-state index in [1.807, 2.05) is 120 Å². The lowest BCUT2D eigenvalue weighted by molar-refractivity contribution is -0.120. The number of anilines is 4. The van der Waals surface area contributed by atoms with Gasteiger partial charge in [0, 0.05) is 37.1 Å². The van der Waals surface area contributed by atoms with E-state index >= 15 is 0 Å². The van der Waals surface area contributed by atoms with Crippen molar-refractivity contribution in [1.82, 2.24) is 0 Å². The summed E-state index contributed by atoms with van der Waals surface area (Å²) in [5.74, 6) is -0.259. The summed E-state index contributed by atoms with van der Waals surface area (Å²) in [5, 5.41) is 13.4. The number of nitrogens with zero attached hydrogens (tertiary/aromatic N) is 4. The fourth-order valence-electron chi connectivity index (χ4n) is 7.61. The third-order valence-corrected chi connectivity index (χ3v) is 11.9. The molecular formula is C50H49BrCl2N4O4. The van der Waals surface area contributed by atoms with E-state index in [1.54, 1.807) is 67.3 Å². The normalized spacial score (nSPS) is 17.8. The van der Waals surface area contributed by atoms with E-state index in [9.17, 15) is 19.5 Å². The zero-order valence-corrected chi connectivity index (χ0v) is 38.5. The minimum atomic E-state index is -1.60. The number of amides is 5. The molecule has 5 amide bonds. The van der Waals surface area contributed by atoms with Crippen molar-refractivity contribution in [3.8, 4) is 0 Å². The summed E-state index contributed by atoms with van der Waals surface area (Å²) in [6.45, 7) is 15.3. The molecule has 2 saturated heterocycles. The number of carbonyl (C=O) groups excluding carboxylic acids is 3. The van der Waals surface area contributed by atoms with Crippen molar-refractivity contribution < 1.29 is 19.5 Å². The number of halogens is 3. The molecule has 61 heavy (non-hydrogen) atoms. The monoisotopic (exact) mass is 918 g/mol. The van der Waals surface area contributed by atoms with Gasteiger partial charge in [0.15, 0.2) is 5.72 Å². The first-order chi connectivity index (χ1) is 28.8. The van der Waals surface area contributed by atoms with Crippen LogP contribution in [0.5, 0.6) is 0 Å². The van der Waals surface area contributed by atoms with Crippen LogP contribution in [0, 0.1) is 27.7 Å². The maximum atomic E-state index is 13.8. The van der Waals surface area contributed by atoms with Gasteiger partial charge in [-0.15, -0.1) is 0 Å². The standard InChI is InChI=1S/C25H25ClN2O2.C18H17ClN2O2.C7H7Br/c1-17-8-12-21(13-9-17)27-23(29)28(22-14-10-20(26)11-15-22)25(30,24(27,3)4)19-7-5-6-18(2)16-19;1-12-4-8-15(9-5-12)21-17(23)20(16(22)18(21,2)3)14-10-6-13(19)7-11-14;1-6-3-2-4-7(8)5-6/h5-16,30H,1-4H3;4-11H,1-3H3;2-5H,1H3. The molecule has 6 aromatic rings. The van der Waals surface area contributed by atoms with Crippen LogP contribution in [-0.2, 0) is 10.5 Å². The molecule has 0 aliphatic carbocycles. The number of benzene rings is 6. The third-order valence-electron chi connectivity index (χ3n) is 10.9. The van der Waals surface area contributed by atoms with Gasteiger partial charge in [-0.05, 0) is 140 Å². The number of hydrogen-bond donors (Lipinski definition) is 1. The molecule has 1 atom stereocenters. The fourth-order valence-corrected chi connectivity index (χ4v) is 8.38. The highest BCUT2D eigenvalue weighted by atomic mass is 79.9. The van der Waals surface area contributed by atoms with Crippen LogP contribution in [0.15, 0.2) is 150 Å². The molecule has 314 valence electrons. The molecule has 2 heterocycles. The van der Waals surface area contributed by atoms with Crippen LogP contribution < -0.4 is 19.6 Å². The zero-order valence-electron chi connectivity index (χ0n) is 35.5. The summed E-state index contributed by atoms with van der Waals surface area (Å²) in [5.41, 5.74) is 4.18. The quantitative estimate of drug-likeness (QED) is 0.175. The van der Waals surface area contributed by atoms with E-state index in [1.165, 1.54) is 20.3 Å². The van der Waals surface area contributed by atoms with Crippen molar-refractivity contribution in [2.24, 2.45) is 0 Å². The highest BCUT2D eigenvalue weighted by Crippen LogP contribution is 2.50. The molecule has 2 fully saturated rings. The van der Waals surface area contributed by atoms with E-state index < -0.39 is 16.8 Å². The molecule has 0 spiro atoms. The molecule has 0 aromatic heterocycles. The first-order valence-corrected chi connectivity index (χ1v) is 21.3. The molecule has 8 nitrogen and oxygen atoms in total. The van der Waals surface area contributed by atoms with Crippen LogP contribution in [0.4, 0.5) is 32.3 Å². The Labute approximate surface area is 377 Å². The molecule has 6 aromatic carbocycles. The second kappa shape index (κ2) is 17.9. The van der Waals surface area contributed by atoms with Crippen LogP contribution in [0.3, 0.4) is 0 Å². The van der Waals surface area contributed by atoms with Gasteiger partial charge in [-0.3, -0.25) is 19.5 Å². The first-order valence-electron chi connectivity index (χ1n) is 19.8. The second-order valence-electron chi connectivity index (χ2n) is 16.3. The van der Waals surface area contributed by atoms with Crippen LogP contribution in [0.1, 0.15) is 55.5 Å². The number of aliphatic hydroxyl groups is 1. The van der Waals surface area contributed by atoms with Gasteiger partial charge in [-0.2, -0.15) is 0 Å². The summed E-state index contributed by atoms with van der Waals surface area (Å²) in [6.07, 6.45) is 0. The number of hydrogen-bond acceptors (Lipinski definition) is 4. The molecule has 2 aliphatic rings. The van der Waals surface area contributed by atoms with E-state index in [0.717, 1.165) is 26.9 Å². The van der Waals surface area contributed by atoms with Crippen LogP contribution in [-0.4, -0.2) is 34.2 Å². The predicted octanol–water partition coefficient (Wildman–Crippen LogP) is 13.2. The molecule has 0 radical (unpaired) electrons. The Hall–Kier alpha value is -5.45. The van der Waals surface area contributed by atoms with Gasteiger partial charge in [0.05, 0.1) is 11.2 Å². The maximum Gasteiger partial charge on any atom is 0.336 e. The van der Waals surface area contributed by atoms with Gasteiger partial charge in [-0.25, -0.2) is 14.5 Å². The van der Waals surface area contributed by atoms with E-state index in [-0.39, 0.29) is 18.0 Å². The summed E-state index contributed by atoms with van der Waals surface area (Å²) in [4.78, 5) is 45.4. The molecule has 2 aliphatic heterocycles. The number of rotatable bonds is 5. The third kappa shape index (κ3) is 8.98. The Balaban J connectivity index is 0.000000177. The van der Waals surface area contributed by atoms with Crippen molar-refractivity contribution in [1.29, 1.82) is 0 Å². The highest BCUT2D eigenvalue weighted by molar-refractivity contribution is 9.10. The Bertz CT molecular complexity index is 2530. The zero-order chi connectivity index (χ0) is 44.4. The van der Waals surface area contributed by atoms with Crippen molar-refractivity contribution in [3.63, 3.8) is 0 Å². The van der Waals surface area contributed by atoms with Crippen LogP contribution in [0.2, 0.25) is 10.0 Å². The lowest BCUT2D eigenvalue weighted by Crippen LogP contribution is -2.56. The van der Waals surface area contributed by atoms with E-state index in [0.29, 0.717) is 32.7 Å². The number of imide groups is 1. The van der Waals surface area contributed by atoms with Crippen LogP contribution in [0.25, 0.3) is 0 Å². The first kappa shape index (κ1) is 45.1. The number of carbonyl (C=O) groups is 3. The summed E-state index contributed by atoms with van der Waals surface area (Å²) < 4.78 is 1.15. The Morgan fingerprint density at radius 3 is 1.38 bits per heavy atom. The SMILES string of the molecule is Cc1ccc(N2C(=O)N(c3ccc(Cl)cc3)C(=O)C2(C)C)cc1.Cc1ccc(N2C(=O)N(c3ccc(Cl)cc3)C(O)(c3cccc(C)c3)C2(C)C)cc1.Cc1cccc(Br)c1. The number of aryl methyl sites for hydroxylation is 4. The van der Waals surface area contributed by atoms with Gasteiger partial charge >= 0.3 is 12.1 Å². The largest absolute Gasteiger partial charge is 0.365 e. The predicted molar refractivity (Wildman–Crippen MR) is 253 cm³/mol. The summed E-state index contributed by atoms with van der Waals surface area (Å²) in [6, 6.07) is 44.2. The van der Waals surface area contributed by atoms with Gasteiger partial charge in [0.2, 0.25) is 0 Å². The minimum absolute atomic E-state index is 0.259. The topological polar surface area (TPSA) is 84.4 Å². The molecular weight excluding hydrogens is 871 g/mol. The van der Waals surface area contributed by atoms with Gasteiger partial charge in [-0.1, -0.05) is 122 Å². The minimum Gasteiger partial charge on any atom is -0.365 e. The average Bonchev–Trinajstić information content (AvgIpc) is 3.49.